The van der Waals surface area contributed by atoms with Gasteiger partial charge in [0, 0.05) is 6.07 Å². The van der Waals surface area contributed by atoms with Gasteiger partial charge in [0.1, 0.15) is 16.5 Å². The number of nitrogens with zero attached hydrogens (tertiary/aromatic N) is 1. The summed E-state index contributed by atoms with van der Waals surface area (Å²) in [6.45, 7) is 0. The quantitative estimate of drug-likeness (QED) is 0.563. The van der Waals surface area contributed by atoms with Gasteiger partial charge < -0.3 is 9.72 Å². The van der Waals surface area contributed by atoms with Crippen LogP contribution in [0.3, 0.4) is 0 Å². The third kappa shape index (κ3) is 3.20. The zero-order chi connectivity index (χ0) is 16.8. The number of H-pyrrole nitrogens is 1. The Hall–Kier alpha value is -1.63. The predicted molar refractivity (Wildman–Crippen MR) is 82.6 cm³/mol. The lowest BCUT2D eigenvalue weighted by Gasteiger charge is -2.09. The summed E-state index contributed by atoms with van der Waals surface area (Å²) in [7, 11) is 0. The van der Waals surface area contributed by atoms with Gasteiger partial charge in [-0.1, -0.05) is 40.9 Å². The average Bonchev–Trinajstić information content (AvgIpc) is 2.87. The van der Waals surface area contributed by atoms with Crippen LogP contribution in [0.4, 0.5) is 13.2 Å². The van der Waals surface area contributed by atoms with Gasteiger partial charge >= 0.3 is 6.18 Å². The molecule has 0 aliphatic heterocycles. The lowest BCUT2D eigenvalue weighted by molar-refractivity contribution is -0.144. The monoisotopic (exact) mass is 380 g/mol. The highest BCUT2D eigenvalue weighted by atomic mass is 35.5. The molecule has 0 saturated carbocycles. The number of aromatic amines is 1. The number of aromatic nitrogens is 2. The molecule has 0 spiro atoms. The third-order valence-corrected chi connectivity index (χ3v) is 4.04. The van der Waals surface area contributed by atoms with E-state index in [1.54, 1.807) is 18.2 Å². The molecule has 2 aromatic carbocycles. The van der Waals surface area contributed by atoms with Gasteiger partial charge in [0.15, 0.2) is 0 Å². The van der Waals surface area contributed by atoms with E-state index in [9.17, 15) is 13.2 Å². The number of fused-ring (bicyclic) bond motifs is 1. The zero-order valence-electron chi connectivity index (χ0n) is 11.0. The number of hydrogen-bond acceptors (Lipinski definition) is 2. The molecule has 0 amide bonds. The van der Waals surface area contributed by atoms with Crippen LogP contribution in [-0.2, 0) is 6.18 Å². The SMILES string of the molecule is FC(F)(F)c1nc2cc(Oc3cccc(Cl)c3Cl)c(Cl)cc2[nH]1. The Morgan fingerprint density at radius 3 is 2.43 bits per heavy atom. The summed E-state index contributed by atoms with van der Waals surface area (Å²) in [4.78, 5) is 5.65. The molecule has 1 aromatic heterocycles. The van der Waals surface area contributed by atoms with E-state index < -0.39 is 12.0 Å². The Balaban J connectivity index is 2.04. The van der Waals surface area contributed by atoms with Crippen LogP contribution in [0.2, 0.25) is 15.1 Å². The van der Waals surface area contributed by atoms with Gasteiger partial charge in [-0.2, -0.15) is 13.2 Å². The predicted octanol–water partition coefficient (Wildman–Crippen LogP) is 6.33. The van der Waals surface area contributed by atoms with Crippen molar-refractivity contribution >= 4 is 45.8 Å². The second-order valence-corrected chi connectivity index (χ2v) is 5.73. The summed E-state index contributed by atoms with van der Waals surface area (Å²) in [5, 5.41) is 0.551. The molecular weight excluding hydrogens is 376 g/mol. The first kappa shape index (κ1) is 16.2. The van der Waals surface area contributed by atoms with Crippen molar-refractivity contribution in [1.29, 1.82) is 0 Å². The van der Waals surface area contributed by atoms with Crippen molar-refractivity contribution in [2.45, 2.75) is 6.18 Å². The normalized spacial score (nSPS) is 11.9. The molecule has 0 fully saturated rings. The lowest BCUT2D eigenvalue weighted by Crippen LogP contribution is -2.06. The molecule has 1 N–H and O–H groups in total. The van der Waals surface area contributed by atoms with E-state index >= 15 is 0 Å². The molecule has 1 heterocycles. The fourth-order valence-corrected chi connectivity index (χ4v) is 2.44. The summed E-state index contributed by atoms with van der Waals surface area (Å²) >= 11 is 17.9. The minimum absolute atomic E-state index is 0.0647. The molecule has 0 saturated heterocycles. The van der Waals surface area contributed by atoms with Gasteiger partial charge in [-0.25, -0.2) is 4.98 Å². The van der Waals surface area contributed by atoms with Crippen LogP contribution in [0.25, 0.3) is 11.0 Å². The molecule has 3 nitrogen and oxygen atoms in total. The van der Waals surface area contributed by atoms with E-state index in [1.165, 1.54) is 12.1 Å². The van der Waals surface area contributed by atoms with Gasteiger partial charge in [0.25, 0.3) is 0 Å². The molecule has 0 unspecified atom stereocenters. The highest BCUT2D eigenvalue weighted by Crippen LogP contribution is 2.39. The van der Waals surface area contributed by atoms with Crippen molar-refractivity contribution in [3.05, 3.63) is 51.2 Å². The molecule has 0 aliphatic rings. The molecule has 0 aliphatic carbocycles. The van der Waals surface area contributed by atoms with E-state index in [4.69, 9.17) is 39.5 Å². The van der Waals surface area contributed by atoms with Gasteiger partial charge in [-0.05, 0) is 18.2 Å². The van der Waals surface area contributed by atoms with E-state index in [0.29, 0.717) is 0 Å². The van der Waals surface area contributed by atoms with Gasteiger partial charge in [0.05, 0.1) is 21.1 Å². The first-order valence-corrected chi connectivity index (χ1v) is 7.27. The molecule has 3 rings (SSSR count). The molecule has 0 radical (unpaired) electrons. The standard InChI is InChI=1S/C14H6Cl3F3N2O/c15-6-2-1-3-10(12(6)17)23-11-5-9-8(4-7(11)16)21-13(22-9)14(18,19)20/h1-5H,(H,21,22). The first-order chi connectivity index (χ1) is 10.8. The molecule has 120 valence electrons. The highest BCUT2D eigenvalue weighted by Gasteiger charge is 2.34. The van der Waals surface area contributed by atoms with Crippen LogP contribution < -0.4 is 4.74 Å². The van der Waals surface area contributed by atoms with E-state index in [0.717, 1.165) is 0 Å². The molecule has 23 heavy (non-hydrogen) atoms. The first-order valence-electron chi connectivity index (χ1n) is 6.14. The highest BCUT2D eigenvalue weighted by molar-refractivity contribution is 6.43. The fourth-order valence-electron chi connectivity index (χ4n) is 1.91. The van der Waals surface area contributed by atoms with E-state index in [-0.39, 0.29) is 37.6 Å². The topological polar surface area (TPSA) is 37.9 Å². The molecular formula is C14H6Cl3F3N2O. The Bertz CT molecular complexity index is 893. The maximum atomic E-state index is 12.7. The minimum atomic E-state index is -4.58. The van der Waals surface area contributed by atoms with Crippen molar-refractivity contribution in [3.63, 3.8) is 0 Å². The Kier molecular flexibility index (Phi) is 4.08. The smallest absolute Gasteiger partial charge is 0.449 e. The molecule has 0 bridgehead atoms. The second kappa shape index (κ2) is 5.78. The van der Waals surface area contributed by atoms with E-state index in [1.807, 2.05) is 0 Å². The maximum absolute atomic E-state index is 12.7. The molecule has 0 atom stereocenters. The summed E-state index contributed by atoms with van der Waals surface area (Å²) in [5.41, 5.74) is 0.210. The number of alkyl halides is 3. The van der Waals surface area contributed by atoms with Gasteiger partial charge in [-0.3, -0.25) is 0 Å². The van der Waals surface area contributed by atoms with Crippen LogP contribution in [0, 0.1) is 0 Å². The van der Waals surface area contributed by atoms with Crippen molar-refractivity contribution in [2.75, 3.05) is 0 Å². The average molecular weight is 382 g/mol. The fraction of sp³-hybridized carbons (Fsp3) is 0.0714. The second-order valence-electron chi connectivity index (χ2n) is 4.54. The van der Waals surface area contributed by atoms with Crippen molar-refractivity contribution in [3.8, 4) is 11.5 Å². The van der Waals surface area contributed by atoms with Crippen LogP contribution in [0.15, 0.2) is 30.3 Å². The zero-order valence-corrected chi connectivity index (χ0v) is 13.3. The summed E-state index contributed by atoms with van der Waals surface area (Å²) < 4.78 is 43.6. The Morgan fingerprint density at radius 2 is 1.74 bits per heavy atom. The van der Waals surface area contributed by atoms with Crippen molar-refractivity contribution < 1.29 is 17.9 Å². The van der Waals surface area contributed by atoms with Crippen LogP contribution >= 0.6 is 34.8 Å². The Labute approximate surface area is 142 Å². The van der Waals surface area contributed by atoms with Crippen LogP contribution in [0.1, 0.15) is 5.82 Å². The largest absolute Gasteiger partial charge is 0.454 e. The molecule has 3 aromatic rings. The van der Waals surface area contributed by atoms with E-state index in [2.05, 4.69) is 9.97 Å². The lowest BCUT2D eigenvalue weighted by atomic mass is 10.3. The number of rotatable bonds is 2. The van der Waals surface area contributed by atoms with Gasteiger partial charge in [-0.15, -0.1) is 0 Å². The summed E-state index contributed by atoms with van der Waals surface area (Å²) in [5.74, 6) is -0.767. The Morgan fingerprint density at radius 1 is 1.00 bits per heavy atom. The van der Waals surface area contributed by atoms with Crippen LogP contribution in [-0.4, -0.2) is 9.97 Å². The number of nitrogens with one attached hydrogen (secondary N) is 1. The van der Waals surface area contributed by atoms with Crippen LogP contribution in [0.5, 0.6) is 11.5 Å². The molecule has 9 heteroatoms. The van der Waals surface area contributed by atoms with Crippen molar-refractivity contribution in [2.24, 2.45) is 0 Å². The minimum Gasteiger partial charge on any atom is -0.454 e. The number of halogens is 6. The number of hydrogen-bond donors (Lipinski definition) is 1. The summed E-state index contributed by atoms with van der Waals surface area (Å²) in [6, 6.07) is 7.34. The third-order valence-electron chi connectivity index (χ3n) is 2.94. The number of ether oxygens (including phenoxy) is 1. The van der Waals surface area contributed by atoms with Gasteiger partial charge in [0.2, 0.25) is 5.82 Å². The number of benzene rings is 2. The van der Waals surface area contributed by atoms with Crippen molar-refractivity contribution in [1.82, 2.24) is 9.97 Å². The maximum Gasteiger partial charge on any atom is 0.449 e. The number of imidazole rings is 1. The summed E-state index contributed by atoms with van der Waals surface area (Å²) in [6.07, 6.45) is -4.58.